The van der Waals surface area contributed by atoms with Crippen molar-refractivity contribution in [2.75, 3.05) is 5.32 Å². The zero-order valence-corrected chi connectivity index (χ0v) is 19.3. The number of rotatable bonds is 5. The van der Waals surface area contributed by atoms with E-state index in [2.05, 4.69) is 22.6 Å². The van der Waals surface area contributed by atoms with Gasteiger partial charge in [0.25, 0.3) is 0 Å². The van der Waals surface area contributed by atoms with Gasteiger partial charge in [-0.1, -0.05) is 23.3 Å². The summed E-state index contributed by atoms with van der Waals surface area (Å²) in [5.41, 5.74) is 3.29. The molecule has 5 atom stereocenters. The van der Waals surface area contributed by atoms with Gasteiger partial charge in [-0.2, -0.15) is 0 Å². The molecule has 7 heteroatoms. The molecule has 2 fully saturated rings. The molecule has 0 spiro atoms. The number of carbonyl (C=O) groups is 1. The minimum Gasteiger partial charge on any atom is -0.411 e. The van der Waals surface area contributed by atoms with Crippen molar-refractivity contribution < 1.29 is 18.9 Å². The van der Waals surface area contributed by atoms with Crippen LogP contribution in [-0.4, -0.2) is 22.0 Å². The van der Waals surface area contributed by atoms with E-state index in [1.807, 2.05) is 6.07 Å². The number of hydrogen-bond acceptors (Lipinski definition) is 5. The van der Waals surface area contributed by atoms with Crippen molar-refractivity contribution in [3.05, 3.63) is 47.0 Å². The lowest BCUT2D eigenvalue weighted by atomic mass is 9.54. The first-order valence-corrected chi connectivity index (χ1v) is 12.1. The standard InChI is InChI=1S/C26H32FN3O3/c1-15-12-23(30-33-15)28-24(31)5-3-4-17-14-22(29-32)26(2)11-10-20-19-9-7-18(27)13-16(19)6-8-21(20)25(17)26/h7,9,12-13,17,20-21,25,32H,3-6,8,10-11,14H2,1-2H3,(H,28,30,31)/b29-22+/t17-,20?,21?,25?,26-/m1/s1. The number of halogens is 1. The van der Waals surface area contributed by atoms with E-state index in [1.54, 1.807) is 25.1 Å². The van der Waals surface area contributed by atoms with Crippen molar-refractivity contribution in [3.63, 3.8) is 0 Å². The van der Waals surface area contributed by atoms with Gasteiger partial charge in [0.1, 0.15) is 11.6 Å². The van der Waals surface area contributed by atoms with Crippen LogP contribution in [0.2, 0.25) is 0 Å². The summed E-state index contributed by atoms with van der Waals surface area (Å²) in [7, 11) is 0. The smallest absolute Gasteiger partial charge is 0.225 e. The summed E-state index contributed by atoms with van der Waals surface area (Å²) in [6.45, 7) is 4.06. The molecule has 0 saturated heterocycles. The van der Waals surface area contributed by atoms with Crippen molar-refractivity contribution in [1.29, 1.82) is 0 Å². The lowest BCUT2D eigenvalue weighted by Gasteiger charge is -2.50. The Hall–Kier alpha value is -2.70. The first-order chi connectivity index (χ1) is 15.9. The van der Waals surface area contributed by atoms with Crippen LogP contribution in [0.4, 0.5) is 10.2 Å². The van der Waals surface area contributed by atoms with Crippen molar-refractivity contribution in [1.82, 2.24) is 5.16 Å². The summed E-state index contributed by atoms with van der Waals surface area (Å²) in [5, 5.41) is 20.2. The highest BCUT2D eigenvalue weighted by atomic mass is 19.1. The molecule has 2 aromatic rings. The molecule has 2 saturated carbocycles. The van der Waals surface area contributed by atoms with E-state index in [1.165, 1.54) is 5.56 Å². The van der Waals surface area contributed by atoms with E-state index in [4.69, 9.17) is 4.52 Å². The molecule has 6 nitrogen and oxygen atoms in total. The van der Waals surface area contributed by atoms with Crippen LogP contribution >= 0.6 is 0 Å². The Balaban J connectivity index is 1.30. The fourth-order valence-electron chi connectivity index (χ4n) is 7.21. The van der Waals surface area contributed by atoms with Crippen LogP contribution in [0.25, 0.3) is 0 Å². The summed E-state index contributed by atoms with van der Waals surface area (Å²) in [5.74, 6) is 2.64. The summed E-state index contributed by atoms with van der Waals surface area (Å²) in [6, 6.07) is 7.00. The van der Waals surface area contributed by atoms with Crippen LogP contribution in [0.5, 0.6) is 0 Å². The molecule has 1 amide bonds. The zero-order valence-electron chi connectivity index (χ0n) is 19.3. The van der Waals surface area contributed by atoms with Crippen LogP contribution < -0.4 is 5.32 Å². The Bertz CT molecular complexity index is 1080. The zero-order chi connectivity index (χ0) is 23.2. The average molecular weight is 454 g/mol. The summed E-state index contributed by atoms with van der Waals surface area (Å²) >= 11 is 0. The molecule has 3 aliphatic rings. The Labute approximate surface area is 193 Å². The molecule has 0 bridgehead atoms. The number of hydrogen-bond donors (Lipinski definition) is 2. The topological polar surface area (TPSA) is 87.7 Å². The molecular weight excluding hydrogens is 421 g/mol. The fraction of sp³-hybridized carbons (Fsp3) is 0.577. The Morgan fingerprint density at radius 2 is 2.21 bits per heavy atom. The largest absolute Gasteiger partial charge is 0.411 e. The Morgan fingerprint density at radius 1 is 1.36 bits per heavy atom. The lowest BCUT2D eigenvalue weighted by Crippen LogP contribution is -2.44. The summed E-state index contributed by atoms with van der Waals surface area (Å²) in [6.07, 6.45) is 6.89. The highest BCUT2D eigenvalue weighted by molar-refractivity contribution is 5.92. The van der Waals surface area contributed by atoms with Crippen LogP contribution in [0.1, 0.15) is 74.7 Å². The van der Waals surface area contributed by atoms with Crippen LogP contribution in [-0.2, 0) is 11.2 Å². The second kappa shape index (κ2) is 8.58. The highest BCUT2D eigenvalue weighted by Gasteiger charge is 2.57. The van der Waals surface area contributed by atoms with Crippen LogP contribution in [0.3, 0.4) is 0 Å². The van der Waals surface area contributed by atoms with Gasteiger partial charge in [0.2, 0.25) is 5.91 Å². The van der Waals surface area contributed by atoms with Gasteiger partial charge in [0.05, 0.1) is 5.71 Å². The van der Waals surface area contributed by atoms with Crippen molar-refractivity contribution in [3.8, 4) is 0 Å². The molecule has 1 aromatic heterocycles. The predicted octanol–water partition coefficient (Wildman–Crippen LogP) is 5.84. The van der Waals surface area contributed by atoms with E-state index in [-0.39, 0.29) is 17.1 Å². The number of nitrogens with one attached hydrogen (secondary N) is 1. The minimum absolute atomic E-state index is 0.0600. The van der Waals surface area contributed by atoms with Gasteiger partial charge in [0.15, 0.2) is 5.82 Å². The summed E-state index contributed by atoms with van der Waals surface area (Å²) in [4.78, 5) is 12.4. The van der Waals surface area contributed by atoms with Gasteiger partial charge in [0, 0.05) is 17.9 Å². The average Bonchev–Trinajstić information content (AvgIpc) is 3.32. The Morgan fingerprint density at radius 3 is 2.97 bits per heavy atom. The molecule has 0 aliphatic heterocycles. The van der Waals surface area contributed by atoms with Crippen molar-refractivity contribution in [2.24, 2.45) is 28.3 Å². The molecular formula is C26H32FN3O3. The van der Waals surface area contributed by atoms with E-state index >= 15 is 0 Å². The quantitative estimate of drug-likeness (QED) is 0.439. The van der Waals surface area contributed by atoms with Crippen LogP contribution in [0.15, 0.2) is 33.9 Å². The van der Waals surface area contributed by atoms with Gasteiger partial charge in [-0.15, -0.1) is 0 Å². The SMILES string of the molecule is Cc1cc(NC(=O)CCC[C@@H]2C/C(=N\O)[C@@]3(C)CCC4c5ccc(F)cc5CCC4C23)no1. The molecule has 5 rings (SSSR count). The third-order valence-corrected chi connectivity index (χ3v) is 8.56. The molecule has 176 valence electrons. The molecule has 0 radical (unpaired) electrons. The van der Waals surface area contributed by atoms with E-state index < -0.39 is 0 Å². The maximum absolute atomic E-state index is 13.8. The third-order valence-electron chi connectivity index (χ3n) is 8.56. The predicted molar refractivity (Wildman–Crippen MR) is 123 cm³/mol. The first-order valence-electron chi connectivity index (χ1n) is 12.1. The maximum atomic E-state index is 13.8. The third kappa shape index (κ3) is 3.96. The van der Waals surface area contributed by atoms with Gasteiger partial charge in [-0.05, 0) is 98.8 Å². The normalized spacial score (nSPS) is 31.7. The van der Waals surface area contributed by atoms with Crippen molar-refractivity contribution >= 4 is 17.4 Å². The number of benzene rings is 1. The second-order valence-electron chi connectivity index (χ2n) is 10.4. The van der Waals surface area contributed by atoms with Gasteiger partial charge in [-0.25, -0.2) is 4.39 Å². The molecule has 1 aromatic carbocycles. The van der Waals surface area contributed by atoms with E-state index in [0.29, 0.717) is 41.7 Å². The van der Waals surface area contributed by atoms with Gasteiger partial charge < -0.3 is 15.0 Å². The number of nitrogens with zero attached hydrogens (tertiary/aromatic N) is 2. The molecule has 3 unspecified atom stereocenters. The fourth-order valence-corrected chi connectivity index (χ4v) is 7.21. The number of fused-ring (bicyclic) bond motifs is 5. The number of aryl methyl sites for hydroxylation is 2. The molecule has 33 heavy (non-hydrogen) atoms. The monoisotopic (exact) mass is 453 g/mol. The van der Waals surface area contributed by atoms with Crippen molar-refractivity contribution in [2.45, 2.75) is 71.1 Å². The number of amides is 1. The Kier molecular flexibility index (Phi) is 5.75. The number of anilines is 1. The first kappa shape index (κ1) is 22.1. The van der Waals surface area contributed by atoms with Gasteiger partial charge >= 0.3 is 0 Å². The number of aromatic nitrogens is 1. The van der Waals surface area contributed by atoms with Crippen LogP contribution in [0, 0.1) is 35.9 Å². The molecule has 2 N–H and O–H groups in total. The number of carbonyl (C=O) groups excluding carboxylic acids is 1. The maximum Gasteiger partial charge on any atom is 0.225 e. The van der Waals surface area contributed by atoms with Gasteiger partial charge in [-0.3, -0.25) is 4.79 Å². The van der Waals surface area contributed by atoms with E-state index in [0.717, 1.165) is 56.2 Å². The lowest BCUT2D eigenvalue weighted by molar-refractivity contribution is -0.116. The highest BCUT2D eigenvalue weighted by Crippen LogP contribution is 2.62. The second-order valence-corrected chi connectivity index (χ2v) is 10.4. The summed E-state index contributed by atoms with van der Waals surface area (Å²) < 4.78 is 18.8. The minimum atomic E-state index is -0.152. The molecule has 1 heterocycles. The van der Waals surface area contributed by atoms with E-state index in [9.17, 15) is 14.4 Å². The molecule has 3 aliphatic carbocycles. The number of oxime groups is 1.